The molecular weight excluding hydrogens is 306 g/mol. The van der Waals surface area contributed by atoms with E-state index in [0.717, 1.165) is 16.3 Å². The van der Waals surface area contributed by atoms with Gasteiger partial charge in [-0.05, 0) is 35.4 Å². The Hall–Kier alpha value is -3.21. The Balaban J connectivity index is 2.19. The highest BCUT2D eigenvalue weighted by atomic mass is 16.6. The van der Waals surface area contributed by atoms with Gasteiger partial charge < -0.3 is 4.74 Å². The zero-order chi connectivity index (χ0) is 17.3. The van der Waals surface area contributed by atoms with Crippen LogP contribution in [0.1, 0.15) is 21.5 Å². The molecule has 0 aliphatic carbocycles. The van der Waals surface area contributed by atoms with Crippen molar-refractivity contribution in [3.63, 3.8) is 0 Å². The van der Waals surface area contributed by atoms with Crippen molar-refractivity contribution in [2.45, 2.75) is 6.92 Å². The Morgan fingerprint density at radius 2 is 1.83 bits per heavy atom. The van der Waals surface area contributed by atoms with Crippen LogP contribution in [0.2, 0.25) is 0 Å². The van der Waals surface area contributed by atoms with E-state index < -0.39 is 4.92 Å². The molecular formula is C19H15NO4. The summed E-state index contributed by atoms with van der Waals surface area (Å²) in [5.74, 6) is -0.110. The van der Waals surface area contributed by atoms with E-state index in [1.807, 2.05) is 43.3 Å². The lowest BCUT2D eigenvalue weighted by Crippen LogP contribution is -2.06. The Labute approximate surface area is 138 Å². The summed E-state index contributed by atoms with van der Waals surface area (Å²) in [4.78, 5) is 23.6. The normalized spacial score (nSPS) is 10.6. The lowest BCUT2D eigenvalue weighted by molar-refractivity contribution is -0.385. The van der Waals surface area contributed by atoms with Crippen molar-refractivity contribution in [3.8, 4) is 5.75 Å². The highest BCUT2D eigenvalue weighted by Crippen LogP contribution is 2.30. The van der Waals surface area contributed by atoms with Crippen LogP contribution in [-0.4, -0.2) is 17.8 Å². The molecule has 0 aliphatic heterocycles. The summed E-state index contributed by atoms with van der Waals surface area (Å²) >= 11 is 0. The molecule has 0 aliphatic rings. The molecule has 3 rings (SSSR count). The molecule has 0 saturated carbocycles. The van der Waals surface area contributed by atoms with Crippen LogP contribution < -0.4 is 4.74 Å². The zero-order valence-electron chi connectivity index (χ0n) is 13.3. The van der Waals surface area contributed by atoms with Gasteiger partial charge in [-0.25, -0.2) is 0 Å². The number of nitro groups is 1. The molecule has 0 unspecified atom stereocenters. The van der Waals surface area contributed by atoms with Crippen LogP contribution in [0, 0.1) is 17.0 Å². The molecule has 0 atom stereocenters. The van der Waals surface area contributed by atoms with Gasteiger partial charge in [-0.3, -0.25) is 14.9 Å². The first-order chi connectivity index (χ1) is 11.5. The monoisotopic (exact) mass is 321 g/mol. The molecule has 0 saturated heterocycles. The Morgan fingerprint density at radius 3 is 2.54 bits per heavy atom. The van der Waals surface area contributed by atoms with E-state index in [9.17, 15) is 14.9 Å². The number of nitro benzene ring substituents is 1. The van der Waals surface area contributed by atoms with E-state index in [2.05, 4.69) is 0 Å². The summed E-state index contributed by atoms with van der Waals surface area (Å²) in [6.07, 6.45) is 0. The number of carbonyl (C=O) groups is 1. The standard InChI is InChI=1S/C19H15NO4/c1-12-7-8-13-5-3-4-6-15(13)18(12)19(21)14-9-10-17(24-2)16(11-14)20(22)23/h3-11H,1-2H3. The Bertz CT molecular complexity index is 963. The highest BCUT2D eigenvalue weighted by molar-refractivity contribution is 6.17. The van der Waals surface area contributed by atoms with Gasteiger partial charge in [0, 0.05) is 17.2 Å². The van der Waals surface area contributed by atoms with E-state index in [-0.39, 0.29) is 22.8 Å². The predicted octanol–water partition coefficient (Wildman–Crippen LogP) is 4.30. The summed E-state index contributed by atoms with van der Waals surface area (Å²) in [7, 11) is 1.36. The van der Waals surface area contributed by atoms with Crippen molar-refractivity contribution < 1.29 is 14.5 Å². The van der Waals surface area contributed by atoms with Crippen LogP contribution in [-0.2, 0) is 0 Å². The number of nitrogens with zero attached hydrogens (tertiary/aromatic N) is 1. The van der Waals surface area contributed by atoms with Crippen LogP contribution >= 0.6 is 0 Å². The van der Waals surface area contributed by atoms with Gasteiger partial charge in [-0.15, -0.1) is 0 Å². The fourth-order valence-corrected chi connectivity index (χ4v) is 2.80. The molecule has 5 nitrogen and oxygen atoms in total. The third-order valence-electron chi connectivity index (χ3n) is 4.00. The van der Waals surface area contributed by atoms with Gasteiger partial charge in [0.15, 0.2) is 11.5 Å². The maximum atomic E-state index is 13.0. The Kier molecular flexibility index (Phi) is 4.00. The Morgan fingerprint density at radius 1 is 1.08 bits per heavy atom. The fraction of sp³-hybridized carbons (Fsp3) is 0.105. The molecule has 0 spiro atoms. The molecule has 0 bridgehead atoms. The molecule has 3 aromatic carbocycles. The maximum Gasteiger partial charge on any atom is 0.311 e. The lowest BCUT2D eigenvalue weighted by Gasteiger charge is -2.10. The number of ether oxygens (including phenoxy) is 1. The van der Waals surface area contributed by atoms with Gasteiger partial charge in [0.2, 0.25) is 0 Å². The molecule has 0 fully saturated rings. The van der Waals surface area contributed by atoms with Gasteiger partial charge >= 0.3 is 5.69 Å². The number of carbonyl (C=O) groups excluding carboxylic acids is 1. The topological polar surface area (TPSA) is 69.4 Å². The SMILES string of the molecule is COc1ccc(C(=O)c2c(C)ccc3ccccc23)cc1[N+](=O)[O-]. The smallest absolute Gasteiger partial charge is 0.311 e. The first-order valence-electron chi connectivity index (χ1n) is 7.38. The van der Waals surface area contributed by atoms with Crippen molar-refractivity contribution in [2.75, 3.05) is 7.11 Å². The van der Waals surface area contributed by atoms with Crippen molar-refractivity contribution in [2.24, 2.45) is 0 Å². The summed E-state index contributed by atoms with van der Waals surface area (Å²) in [5.41, 5.74) is 1.44. The second kappa shape index (κ2) is 6.12. The van der Waals surface area contributed by atoms with Crippen molar-refractivity contribution in [1.29, 1.82) is 0 Å². The summed E-state index contributed by atoms with van der Waals surface area (Å²) in [5, 5.41) is 13.0. The number of hydrogen-bond donors (Lipinski definition) is 0. The molecule has 24 heavy (non-hydrogen) atoms. The largest absolute Gasteiger partial charge is 0.490 e. The third kappa shape index (κ3) is 2.60. The number of fused-ring (bicyclic) bond motifs is 1. The molecule has 3 aromatic rings. The molecule has 0 radical (unpaired) electrons. The quantitative estimate of drug-likeness (QED) is 0.408. The average molecular weight is 321 g/mol. The van der Waals surface area contributed by atoms with Gasteiger partial charge in [0.05, 0.1) is 12.0 Å². The van der Waals surface area contributed by atoms with E-state index >= 15 is 0 Å². The van der Waals surface area contributed by atoms with Gasteiger partial charge in [-0.2, -0.15) is 0 Å². The number of hydrogen-bond acceptors (Lipinski definition) is 4. The molecule has 0 heterocycles. The van der Waals surface area contributed by atoms with E-state index in [1.54, 1.807) is 6.07 Å². The van der Waals surface area contributed by atoms with Gasteiger partial charge in [-0.1, -0.05) is 36.4 Å². The number of methoxy groups -OCH3 is 1. The van der Waals surface area contributed by atoms with Crippen molar-refractivity contribution in [1.82, 2.24) is 0 Å². The minimum absolute atomic E-state index is 0.131. The first-order valence-corrected chi connectivity index (χ1v) is 7.38. The minimum atomic E-state index is -0.550. The van der Waals surface area contributed by atoms with Crippen molar-refractivity contribution >= 4 is 22.2 Å². The number of benzene rings is 3. The van der Waals surface area contributed by atoms with Crippen LogP contribution in [0.25, 0.3) is 10.8 Å². The predicted molar refractivity (Wildman–Crippen MR) is 91.8 cm³/mol. The summed E-state index contributed by atoms with van der Waals surface area (Å²) in [6.45, 7) is 1.86. The van der Waals surface area contributed by atoms with E-state index in [4.69, 9.17) is 4.74 Å². The molecule has 0 N–H and O–H groups in total. The van der Waals surface area contributed by atoms with Crippen LogP contribution in [0.15, 0.2) is 54.6 Å². The number of ketones is 1. The summed E-state index contributed by atoms with van der Waals surface area (Å²) < 4.78 is 4.99. The first kappa shape index (κ1) is 15.7. The van der Waals surface area contributed by atoms with Crippen LogP contribution in [0.5, 0.6) is 5.75 Å². The molecule has 5 heteroatoms. The molecule has 0 amide bonds. The highest BCUT2D eigenvalue weighted by Gasteiger charge is 2.21. The van der Waals surface area contributed by atoms with Crippen LogP contribution in [0.3, 0.4) is 0 Å². The number of rotatable bonds is 4. The van der Waals surface area contributed by atoms with E-state index in [0.29, 0.717) is 5.56 Å². The second-order valence-electron chi connectivity index (χ2n) is 5.45. The third-order valence-corrected chi connectivity index (χ3v) is 4.00. The van der Waals surface area contributed by atoms with Crippen molar-refractivity contribution in [3.05, 3.63) is 81.4 Å². The maximum absolute atomic E-state index is 13.0. The van der Waals surface area contributed by atoms with Crippen LogP contribution in [0.4, 0.5) is 5.69 Å². The lowest BCUT2D eigenvalue weighted by atomic mass is 9.93. The number of aryl methyl sites for hydroxylation is 1. The zero-order valence-corrected chi connectivity index (χ0v) is 13.3. The average Bonchev–Trinajstić information content (AvgIpc) is 2.60. The minimum Gasteiger partial charge on any atom is -0.490 e. The van der Waals surface area contributed by atoms with Gasteiger partial charge in [0.25, 0.3) is 0 Å². The summed E-state index contributed by atoms with van der Waals surface area (Å²) in [6, 6.07) is 15.7. The molecule has 120 valence electrons. The van der Waals surface area contributed by atoms with Gasteiger partial charge in [0.1, 0.15) is 0 Å². The van der Waals surface area contributed by atoms with E-state index in [1.165, 1.54) is 19.2 Å². The fourth-order valence-electron chi connectivity index (χ4n) is 2.80. The second-order valence-corrected chi connectivity index (χ2v) is 5.45. The molecule has 0 aromatic heterocycles.